The number of fused-ring (bicyclic) bond motifs is 1. The molecule has 4 rings (SSSR count). The van der Waals surface area contributed by atoms with Gasteiger partial charge in [0, 0.05) is 43.6 Å². The van der Waals surface area contributed by atoms with Gasteiger partial charge in [-0.2, -0.15) is 0 Å². The zero-order valence-electron chi connectivity index (χ0n) is 13.4. The van der Waals surface area contributed by atoms with Crippen molar-refractivity contribution in [2.45, 2.75) is 56.9 Å². The Balaban J connectivity index is 1.37. The van der Waals surface area contributed by atoms with Gasteiger partial charge >= 0.3 is 0 Å². The lowest BCUT2D eigenvalue weighted by atomic mass is 10.0. The third kappa shape index (κ3) is 3.15. The second-order valence-electron chi connectivity index (χ2n) is 6.62. The average Bonchev–Trinajstić information content (AvgIpc) is 3.23. The third-order valence-electron chi connectivity index (χ3n) is 5.12. The summed E-state index contributed by atoms with van der Waals surface area (Å²) in [6.07, 6.45) is 3.86. The normalized spacial score (nSPS) is 32.1. The molecule has 0 radical (unpaired) electrons. The van der Waals surface area contributed by atoms with E-state index < -0.39 is 0 Å². The van der Waals surface area contributed by atoms with Crippen LogP contribution in [0.1, 0.15) is 31.4 Å². The van der Waals surface area contributed by atoms with Crippen molar-refractivity contribution in [2.75, 3.05) is 25.1 Å². The summed E-state index contributed by atoms with van der Waals surface area (Å²) in [5, 5.41) is 5.49. The number of carbonyl (C=O) groups excluding carboxylic acids is 1. The van der Waals surface area contributed by atoms with Crippen molar-refractivity contribution in [3.8, 4) is 0 Å². The van der Waals surface area contributed by atoms with Crippen molar-refractivity contribution < 1.29 is 14.3 Å². The van der Waals surface area contributed by atoms with Crippen LogP contribution in [0, 0.1) is 6.92 Å². The lowest BCUT2D eigenvalue weighted by Gasteiger charge is -2.34. The van der Waals surface area contributed by atoms with Gasteiger partial charge in [-0.15, -0.1) is 11.3 Å². The lowest BCUT2D eigenvalue weighted by molar-refractivity contribution is -0.126. The number of nitrogens with zero attached hydrogens (tertiary/aromatic N) is 2. The Morgan fingerprint density at radius 2 is 2.22 bits per heavy atom. The average molecular weight is 337 g/mol. The maximum absolute atomic E-state index is 12.4. The van der Waals surface area contributed by atoms with Crippen molar-refractivity contribution >= 4 is 22.4 Å². The number of rotatable bonds is 3. The smallest absolute Gasteiger partial charge is 0.255 e. The van der Waals surface area contributed by atoms with E-state index in [9.17, 15) is 4.79 Å². The SMILES string of the molecule is Cc1csc(NC(=O)[C@@H]2C[C@@H]3[C@@H](CCN3C3CCOCC3)O2)n1. The molecule has 0 aromatic carbocycles. The van der Waals surface area contributed by atoms with Gasteiger partial charge in [-0.25, -0.2) is 4.98 Å². The minimum Gasteiger partial charge on any atom is -0.381 e. The summed E-state index contributed by atoms with van der Waals surface area (Å²) in [5.41, 5.74) is 0.931. The number of hydrogen-bond acceptors (Lipinski definition) is 6. The molecular formula is C16H23N3O3S. The van der Waals surface area contributed by atoms with Crippen LogP contribution in [0.25, 0.3) is 0 Å². The number of anilines is 1. The quantitative estimate of drug-likeness (QED) is 0.911. The van der Waals surface area contributed by atoms with Gasteiger partial charge in [-0.1, -0.05) is 0 Å². The van der Waals surface area contributed by atoms with Gasteiger partial charge in [-0.05, 0) is 26.2 Å². The minimum atomic E-state index is -0.350. The molecule has 6 nitrogen and oxygen atoms in total. The lowest BCUT2D eigenvalue weighted by Crippen LogP contribution is -2.44. The topological polar surface area (TPSA) is 63.7 Å². The molecule has 1 amide bonds. The Morgan fingerprint density at radius 1 is 1.39 bits per heavy atom. The highest BCUT2D eigenvalue weighted by atomic mass is 32.1. The monoisotopic (exact) mass is 337 g/mol. The number of nitrogens with one attached hydrogen (secondary N) is 1. The number of aryl methyl sites for hydroxylation is 1. The molecule has 126 valence electrons. The molecule has 0 spiro atoms. The van der Waals surface area contributed by atoms with Crippen LogP contribution in [0.4, 0.5) is 5.13 Å². The number of amides is 1. The summed E-state index contributed by atoms with van der Waals surface area (Å²) < 4.78 is 11.5. The van der Waals surface area contributed by atoms with E-state index in [0.717, 1.165) is 51.1 Å². The first-order chi connectivity index (χ1) is 11.2. The van der Waals surface area contributed by atoms with E-state index in [1.165, 1.54) is 11.3 Å². The molecule has 23 heavy (non-hydrogen) atoms. The highest BCUT2D eigenvalue weighted by Gasteiger charge is 2.47. The van der Waals surface area contributed by atoms with Crippen LogP contribution in [0.3, 0.4) is 0 Å². The van der Waals surface area contributed by atoms with Crippen molar-refractivity contribution in [3.63, 3.8) is 0 Å². The van der Waals surface area contributed by atoms with Gasteiger partial charge < -0.3 is 9.47 Å². The van der Waals surface area contributed by atoms with Gasteiger partial charge in [0.2, 0.25) is 0 Å². The molecule has 0 bridgehead atoms. The standard InChI is InChI=1S/C16H23N3O3S/c1-10-9-23-16(17-10)18-15(20)14-8-12-13(22-14)2-5-19(12)11-3-6-21-7-4-11/h9,11-14H,2-8H2,1H3,(H,17,18,20)/t12-,13-,14+/m1/s1. The minimum absolute atomic E-state index is 0.0549. The maximum Gasteiger partial charge on any atom is 0.255 e. The van der Waals surface area contributed by atoms with Gasteiger partial charge in [0.25, 0.3) is 5.91 Å². The second kappa shape index (κ2) is 6.47. The van der Waals surface area contributed by atoms with Crippen LogP contribution < -0.4 is 5.32 Å². The molecule has 1 aromatic heterocycles. The molecule has 0 aliphatic carbocycles. The molecule has 1 N–H and O–H groups in total. The molecular weight excluding hydrogens is 314 g/mol. The van der Waals surface area contributed by atoms with Crippen molar-refractivity contribution in [1.82, 2.24) is 9.88 Å². The van der Waals surface area contributed by atoms with E-state index in [1.807, 2.05) is 12.3 Å². The number of likely N-dealkylation sites (tertiary alicyclic amines) is 1. The van der Waals surface area contributed by atoms with Crippen LogP contribution in [-0.4, -0.2) is 59.8 Å². The summed E-state index contributed by atoms with van der Waals surface area (Å²) in [4.78, 5) is 19.3. The van der Waals surface area contributed by atoms with E-state index in [-0.39, 0.29) is 18.1 Å². The van der Waals surface area contributed by atoms with Gasteiger partial charge in [0.1, 0.15) is 6.10 Å². The predicted molar refractivity (Wildman–Crippen MR) is 87.7 cm³/mol. The van der Waals surface area contributed by atoms with E-state index in [2.05, 4.69) is 15.2 Å². The molecule has 3 aliphatic heterocycles. The van der Waals surface area contributed by atoms with Crippen molar-refractivity contribution in [1.29, 1.82) is 0 Å². The van der Waals surface area contributed by atoms with E-state index >= 15 is 0 Å². The summed E-state index contributed by atoms with van der Waals surface area (Å²) in [6.45, 7) is 4.72. The fraction of sp³-hybridized carbons (Fsp3) is 0.750. The Bertz CT molecular complexity index is 573. The third-order valence-corrected chi connectivity index (χ3v) is 6.00. The fourth-order valence-corrected chi connectivity index (χ4v) is 4.71. The van der Waals surface area contributed by atoms with Crippen molar-refractivity contribution in [3.05, 3.63) is 11.1 Å². The number of aromatic nitrogens is 1. The zero-order chi connectivity index (χ0) is 15.8. The molecule has 0 unspecified atom stereocenters. The molecule has 3 atom stereocenters. The number of carbonyl (C=O) groups is 1. The zero-order valence-corrected chi connectivity index (χ0v) is 14.2. The summed E-state index contributed by atoms with van der Waals surface area (Å²) in [6, 6.07) is 0.970. The predicted octanol–water partition coefficient (Wildman–Crippen LogP) is 1.80. The molecule has 7 heteroatoms. The molecule has 0 saturated carbocycles. The molecule has 3 fully saturated rings. The number of hydrogen-bond donors (Lipinski definition) is 1. The highest BCUT2D eigenvalue weighted by Crippen LogP contribution is 2.36. The van der Waals surface area contributed by atoms with E-state index in [1.54, 1.807) is 0 Å². The first-order valence-corrected chi connectivity index (χ1v) is 9.30. The number of thiazole rings is 1. The first kappa shape index (κ1) is 15.5. The molecule has 1 aromatic rings. The summed E-state index contributed by atoms with van der Waals surface area (Å²) >= 11 is 1.46. The summed E-state index contributed by atoms with van der Waals surface area (Å²) in [7, 11) is 0. The van der Waals surface area contributed by atoms with Gasteiger partial charge in [-0.3, -0.25) is 15.0 Å². The van der Waals surface area contributed by atoms with Crippen LogP contribution in [0.2, 0.25) is 0 Å². The van der Waals surface area contributed by atoms with Gasteiger partial charge in [0.15, 0.2) is 5.13 Å². The maximum atomic E-state index is 12.4. The van der Waals surface area contributed by atoms with Crippen LogP contribution in [0.15, 0.2) is 5.38 Å². The Morgan fingerprint density at radius 3 is 2.96 bits per heavy atom. The van der Waals surface area contributed by atoms with Crippen LogP contribution in [-0.2, 0) is 14.3 Å². The summed E-state index contributed by atoms with van der Waals surface area (Å²) in [5.74, 6) is -0.0549. The molecule has 3 saturated heterocycles. The van der Waals surface area contributed by atoms with Gasteiger partial charge in [0.05, 0.1) is 11.8 Å². The van der Waals surface area contributed by atoms with Crippen LogP contribution >= 0.6 is 11.3 Å². The van der Waals surface area contributed by atoms with Crippen LogP contribution in [0.5, 0.6) is 0 Å². The fourth-order valence-electron chi connectivity index (χ4n) is 4.02. The molecule has 4 heterocycles. The molecule has 3 aliphatic rings. The van der Waals surface area contributed by atoms with E-state index in [0.29, 0.717) is 17.2 Å². The first-order valence-electron chi connectivity index (χ1n) is 8.42. The van der Waals surface area contributed by atoms with E-state index in [4.69, 9.17) is 9.47 Å². The Kier molecular flexibility index (Phi) is 4.36. The largest absolute Gasteiger partial charge is 0.381 e. The Hall–Kier alpha value is -1.02. The highest BCUT2D eigenvalue weighted by molar-refractivity contribution is 7.13. The second-order valence-corrected chi connectivity index (χ2v) is 7.48. The number of ether oxygens (including phenoxy) is 2. The Labute approximate surface area is 140 Å². The van der Waals surface area contributed by atoms with Crippen molar-refractivity contribution in [2.24, 2.45) is 0 Å².